The van der Waals surface area contributed by atoms with Crippen molar-refractivity contribution in [3.8, 4) is 0 Å². The Hall–Kier alpha value is -2.22. The highest BCUT2D eigenvalue weighted by Gasteiger charge is 2.18. The maximum absolute atomic E-state index is 12.3. The summed E-state index contributed by atoms with van der Waals surface area (Å²) in [6, 6.07) is 13.4. The van der Waals surface area contributed by atoms with Crippen LogP contribution in [0, 0.1) is 3.57 Å². The molecule has 3 aromatic rings. The van der Waals surface area contributed by atoms with Gasteiger partial charge in [0.05, 0.1) is 11.1 Å². The Morgan fingerprint density at radius 1 is 1.04 bits per heavy atom. The summed E-state index contributed by atoms with van der Waals surface area (Å²) in [6.45, 7) is 0. The van der Waals surface area contributed by atoms with Gasteiger partial charge in [-0.25, -0.2) is 14.8 Å². The highest BCUT2D eigenvalue weighted by atomic mass is 127. The molecule has 27 heavy (non-hydrogen) atoms. The Labute approximate surface area is 171 Å². The maximum atomic E-state index is 12.3. The van der Waals surface area contributed by atoms with Crippen LogP contribution in [0.5, 0.6) is 0 Å². The predicted octanol–water partition coefficient (Wildman–Crippen LogP) is 5.47. The molecule has 1 saturated carbocycles. The average Bonchev–Trinajstić information content (AvgIpc) is 2.70. The van der Waals surface area contributed by atoms with Gasteiger partial charge < -0.3 is 10.1 Å². The van der Waals surface area contributed by atoms with E-state index in [-0.39, 0.29) is 12.1 Å². The number of nitrogens with one attached hydrogen (secondary N) is 1. The van der Waals surface area contributed by atoms with Gasteiger partial charge in [-0.1, -0.05) is 6.42 Å². The number of anilines is 2. The Kier molecular flexibility index (Phi) is 5.52. The molecular weight excluding hydrogens is 453 g/mol. The minimum atomic E-state index is -0.240. The molecule has 1 aliphatic carbocycles. The van der Waals surface area contributed by atoms with E-state index in [0.717, 1.165) is 51.7 Å². The SMILES string of the molecule is O=C(OC1CCCCC1)c1ccc(Nc2ncnc3ccc(I)cc23)cc1. The fourth-order valence-corrected chi connectivity index (χ4v) is 3.85. The molecule has 0 spiro atoms. The molecular formula is C21H20IN3O2. The van der Waals surface area contributed by atoms with Crippen molar-refractivity contribution >= 4 is 51.0 Å². The number of ether oxygens (including phenoxy) is 1. The lowest BCUT2D eigenvalue weighted by Crippen LogP contribution is -2.20. The first kappa shape index (κ1) is 18.2. The third-order valence-corrected chi connectivity index (χ3v) is 5.48. The lowest BCUT2D eigenvalue weighted by molar-refractivity contribution is 0.0211. The first-order chi connectivity index (χ1) is 13.2. The molecule has 0 bridgehead atoms. The zero-order chi connectivity index (χ0) is 18.6. The highest BCUT2D eigenvalue weighted by molar-refractivity contribution is 14.1. The quantitative estimate of drug-likeness (QED) is 0.403. The van der Waals surface area contributed by atoms with Crippen molar-refractivity contribution in [3.63, 3.8) is 0 Å². The second-order valence-corrected chi connectivity index (χ2v) is 8.00. The molecule has 0 radical (unpaired) electrons. The molecule has 0 amide bonds. The largest absolute Gasteiger partial charge is 0.459 e. The van der Waals surface area contributed by atoms with Crippen molar-refractivity contribution in [2.75, 3.05) is 5.32 Å². The Morgan fingerprint density at radius 3 is 2.59 bits per heavy atom. The third-order valence-electron chi connectivity index (χ3n) is 4.81. The number of benzene rings is 2. The first-order valence-electron chi connectivity index (χ1n) is 9.17. The van der Waals surface area contributed by atoms with Crippen LogP contribution >= 0.6 is 22.6 Å². The molecule has 138 valence electrons. The fourth-order valence-electron chi connectivity index (χ4n) is 3.36. The summed E-state index contributed by atoms with van der Waals surface area (Å²) in [5, 5.41) is 4.28. The van der Waals surface area contributed by atoms with Crippen LogP contribution in [-0.4, -0.2) is 22.0 Å². The summed E-state index contributed by atoms with van der Waals surface area (Å²) in [4.78, 5) is 21.0. The average molecular weight is 473 g/mol. The Morgan fingerprint density at radius 2 is 1.81 bits per heavy atom. The minimum Gasteiger partial charge on any atom is -0.459 e. The normalized spacial score (nSPS) is 14.9. The minimum absolute atomic E-state index is 0.0684. The molecule has 0 aliphatic heterocycles. The van der Waals surface area contributed by atoms with Crippen LogP contribution in [-0.2, 0) is 4.74 Å². The topological polar surface area (TPSA) is 64.1 Å². The van der Waals surface area contributed by atoms with E-state index in [9.17, 15) is 4.79 Å². The van der Waals surface area contributed by atoms with Gasteiger partial charge in [0.2, 0.25) is 0 Å². The smallest absolute Gasteiger partial charge is 0.338 e. The van der Waals surface area contributed by atoms with Crippen molar-refractivity contribution in [2.24, 2.45) is 0 Å². The van der Waals surface area contributed by atoms with Gasteiger partial charge in [-0.05, 0) is 90.7 Å². The number of aromatic nitrogens is 2. The third kappa shape index (κ3) is 4.37. The summed E-state index contributed by atoms with van der Waals surface area (Å²) in [5.41, 5.74) is 2.33. The van der Waals surface area contributed by atoms with Crippen molar-refractivity contribution in [1.29, 1.82) is 0 Å². The van der Waals surface area contributed by atoms with Gasteiger partial charge in [-0.2, -0.15) is 0 Å². The molecule has 0 atom stereocenters. The molecule has 1 fully saturated rings. The number of halogens is 1. The molecule has 5 nitrogen and oxygen atoms in total. The van der Waals surface area contributed by atoms with E-state index in [0.29, 0.717) is 5.56 Å². The Balaban J connectivity index is 1.48. The summed E-state index contributed by atoms with van der Waals surface area (Å²) < 4.78 is 6.75. The van der Waals surface area contributed by atoms with E-state index >= 15 is 0 Å². The van der Waals surface area contributed by atoms with Crippen LogP contribution in [0.4, 0.5) is 11.5 Å². The van der Waals surface area contributed by atoms with Crippen LogP contribution < -0.4 is 5.32 Å². The molecule has 6 heteroatoms. The molecule has 1 aliphatic rings. The maximum Gasteiger partial charge on any atom is 0.338 e. The lowest BCUT2D eigenvalue weighted by atomic mass is 9.98. The van der Waals surface area contributed by atoms with Crippen molar-refractivity contribution in [3.05, 3.63) is 57.9 Å². The zero-order valence-electron chi connectivity index (χ0n) is 14.8. The molecule has 4 rings (SSSR count). The summed E-state index contributed by atoms with van der Waals surface area (Å²) in [7, 11) is 0. The van der Waals surface area contributed by atoms with E-state index in [4.69, 9.17) is 4.74 Å². The Bertz CT molecular complexity index is 953. The van der Waals surface area contributed by atoms with Crippen LogP contribution in [0.15, 0.2) is 48.8 Å². The fraction of sp³-hybridized carbons (Fsp3) is 0.286. The van der Waals surface area contributed by atoms with E-state index in [1.165, 1.54) is 6.42 Å². The van der Waals surface area contributed by atoms with Gasteiger partial charge in [-0.3, -0.25) is 0 Å². The molecule has 0 saturated heterocycles. The number of nitrogens with zero attached hydrogens (tertiary/aromatic N) is 2. The van der Waals surface area contributed by atoms with Crippen LogP contribution in [0.25, 0.3) is 10.9 Å². The van der Waals surface area contributed by atoms with Crippen LogP contribution in [0.2, 0.25) is 0 Å². The number of rotatable bonds is 4. The number of carbonyl (C=O) groups is 1. The number of hydrogen-bond acceptors (Lipinski definition) is 5. The molecule has 2 aromatic carbocycles. The standard InChI is InChI=1S/C21H20IN3O2/c22-15-8-11-19-18(12-15)20(24-13-23-19)25-16-9-6-14(7-10-16)21(26)27-17-4-2-1-3-5-17/h6-13,17H,1-5H2,(H,23,24,25). The second-order valence-electron chi connectivity index (χ2n) is 6.75. The van der Waals surface area contributed by atoms with E-state index < -0.39 is 0 Å². The van der Waals surface area contributed by atoms with Gasteiger partial charge in [-0.15, -0.1) is 0 Å². The van der Waals surface area contributed by atoms with Gasteiger partial charge in [0.15, 0.2) is 0 Å². The van der Waals surface area contributed by atoms with E-state index in [1.54, 1.807) is 18.5 Å². The molecule has 1 N–H and O–H groups in total. The van der Waals surface area contributed by atoms with Crippen LogP contribution in [0.1, 0.15) is 42.5 Å². The first-order valence-corrected chi connectivity index (χ1v) is 10.3. The van der Waals surface area contributed by atoms with Crippen molar-refractivity contribution in [1.82, 2.24) is 9.97 Å². The van der Waals surface area contributed by atoms with Crippen LogP contribution in [0.3, 0.4) is 0 Å². The van der Waals surface area contributed by atoms with Gasteiger partial charge in [0.25, 0.3) is 0 Å². The van der Waals surface area contributed by atoms with Crippen molar-refractivity contribution in [2.45, 2.75) is 38.2 Å². The molecule has 1 heterocycles. The summed E-state index contributed by atoms with van der Waals surface area (Å²) in [6.07, 6.45) is 7.10. The molecule has 0 unspecified atom stereocenters. The number of esters is 1. The summed E-state index contributed by atoms with van der Waals surface area (Å²) in [5.74, 6) is 0.506. The van der Waals surface area contributed by atoms with Crippen molar-refractivity contribution < 1.29 is 9.53 Å². The molecule has 1 aromatic heterocycles. The number of carbonyl (C=O) groups excluding carboxylic acids is 1. The predicted molar refractivity (Wildman–Crippen MR) is 114 cm³/mol. The zero-order valence-corrected chi connectivity index (χ0v) is 17.0. The second kappa shape index (κ2) is 8.21. The number of fused-ring (bicyclic) bond motifs is 1. The summed E-state index contributed by atoms with van der Waals surface area (Å²) >= 11 is 2.27. The van der Waals surface area contributed by atoms with E-state index in [1.807, 2.05) is 30.3 Å². The highest BCUT2D eigenvalue weighted by Crippen LogP contribution is 2.25. The van der Waals surface area contributed by atoms with Gasteiger partial charge in [0.1, 0.15) is 18.2 Å². The van der Waals surface area contributed by atoms with Gasteiger partial charge in [0, 0.05) is 14.6 Å². The lowest BCUT2D eigenvalue weighted by Gasteiger charge is -2.21. The van der Waals surface area contributed by atoms with E-state index in [2.05, 4.69) is 37.9 Å². The van der Waals surface area contributed by atoms with Gasteiger partial charge >= 0.3 is 5.97 Å². The monoisotopic (exact) mass is 473 g/mol. The number of hydrogen-bond donors (Lipinski definition) is 1.